The summed E-state index contributed by atoms with van der Waals surface area (Å²) < 4.78 is 6.57. The summed E-state index contributed by atoms with van der Waals surface area (Å²) in [5.41, 5.74) is 1.59. The molecule has 0 aliphatic heterocycles. The van der Waals surface area contributed by atoms with Crippen LogP contribution in [0.1, 0.15) is 71.8 Å². The Labute approximate surface area is 144 Å². The van der Waals surface area contributed by atoms with Crippen molar-refractivity contribution < 1.29 is 0 Å². The van der Waals surface area contributed by atoms with Crippen LogP contribution >= 0.6 is 0 Å². The average molecular weight is 409 g/mol. The molecule has 22 heavy (non-hydrogen) atoms. The molecule has 0 nitrogen and oxygen atoms in total. The Morgan fingerprint density at radius 1 is 0.909 bits per heavy atom. The molecule has 1 unspecified atom stereocenters. The van der Waals surface area contributed by atoms with Gasteiger partial charge in [-0.1, -0.05) is 0 Å². The summed E-state index contributed by atoms with van der Waals surface area (Å²) in [6, 6.07) is 9.40. The zero-order valence-electron chi connectivity index (χ0n) is 15.8. The number of unbranched alkanes of at least 4 members (excludes halogenated alkanes) is 2. The first kappa shape index (κ1) is 20.1. The molecule has 0 fully saturated rings. The van der Waals surface area contributed by atoms with E-state index in [4.69, 9.17) is 0 Å². The molecular formula is C21H38Sn. The van der Waals surface area contributed by atoms with Crippen LogP contribution in [0.2, 0.25) is 13.3 Å². The summed E-state index contributed by atoms with van der Waals surface area (Å²) in [7, 11) is 0. The molecule has 0 saturated carbocycles. The van der Waals surface area contributed by atoms with Gasteiger partial charge in [0.05, 0.1) is 0 Å². The second kappa shape index (κ2) is 10.7. The van der Waals surface area contributed by atoms with E-state index in [0.717, 1.165) is 5.92 Å². The van der Waals surface area contributed by atoms with Gasteiger partial charge in [-0.2, -0.15) is 0 Å². The molecule has 0 spiro atoms. The van der Waals surface area contributed by atoms with Crippen LogP contribution in [0.25, 0.3) is 0 Å². The Kier molecular flexibility index (Phi) is 9.79. The molecule has 126 valence electrons. The predicted molar refractivity (Wildman–Crippen MR) is 105 cm³/mol. The standard InChI is InChI=1S/C7H7.C6H13.2C4H9.Sn/c1-7-5-3-2-4-6-7;1-4-5-6(2)3;2*1-3-4-2;/h2-5H,1H3;6H,2,4-5H2,1,3H3;2*1,3-4H2,2H3;. The van der Waals surface area contributed by atoms with E-state index in [1.54, 1.807) is 18.9 Å². The average Bonchev–Trinajstić information content (AvgIpc) is 2.51. The monoisotopic (exact) mass is 410 g/mol. The molecule has 1 aromatic carbocycles. The predicted octanol–water partition coefficient (Wildman–Crippen LogP) is 6.69. The van der Waals surface area contributed by atoms with Gasteiger partial charge in [-0.3, -0.25) is 0 Å². The fraction of sp³-hybridized carbons (Fsp3) is 0.714. The maximum atomic E-state index is 2.52. The molecular weight excluding hydrogens is 371 g/mol. The zero-order chi connectivity index (χ0) is 16.4. The van der Waals surface area contributed by atoms with Crippen LogP contribution in [0.5, 0.6) is 0 Å². The van der Waals surface area contributed by atoms with Crippen molar-refractivity contribution in [1.29, 1.82) is 0 Å². The van der Waals surface area contributed by atoms with E-state index in [1.807, 2.05) is 3.58 Å². The quantitative estimate of drug-likeness (QED) is 0.358. The van der Waals surface area contributed by atoms with Crippen LogP contribution in [-0.2, 0) is 0 Å². The SMILES string of the molecule is CCC[CH2][Sn]([CH2]CCC)([CH2]C(C)CCC)[c]1ccccc1C. The number of aryl methyl sites for hydroxylation is 1. The summed E-state index contributed by atoms with van der Waals surface area (Å²) in [5.74, 6) is 0.925. The minimum absolute atomic E-state index is 0.925. The molecule has 1 rings (SSSR count). The maximum absolute atomic E-state index is 2.52. The first-order valence-electron chi connectivity index (χ1n) is 9.65. The van der Waals surface area contributed by atoms with Gasteiger partial charge in [0.1, 0.15) is 0 Å². The van der Waals surface area contributed by atoms with E-state index in [-0.39, 0.29) is 0 Å². The topological polar surface area (TPSA) is 0 Å². The summed E-state index contributed by atoms with van der Waals surface area (Å²) in [4.78, 5) is 0. The number of rotatable bonds is 11. The van der Waals surface area contributed by atoms with Gasteiger partial charge in [0.25, 0.3) is 0 Å². The first-order chi connectivity index (χ1) is 10.6. The Hall–Kier alpha value is 0.0187. The van der Waals surface area contributed by atoms with Crippen molar-refractivity contribution in [2.24, 2.45) is 5.92 Å². The minimum atomic E-state index is -2.26. The van der Waals surface area contributed by atoms with E-state index >= 15 is 0 Å². The molecule has 0 aliphatic carbocycles. The van der Waals surface area contributed by atoms with Crippen LogP contribution in [0.15, 0.2) is 24.3 Å². The third kappa shape index (κ3) is 5.90. The second-order valence-corrected chi connectivity index (χ2v) is 20.3. The first-order valence-corrected chi connectivity index (χ1v) is 17.1. The summed E-state index contributed by atoms with van der Waals surface area (Å²) >= 11 is -2.26. The van der Waals surface area contributed by atoms with Crippen molar-refractivity contribution in [2.75, 3.05) is 0 Å². The van der Waals surface area contributed by atoms with E-state index in [9.17, 15) is 0 Å². The van der Waals surface area contributed by atoms with Crippen LogP contribution in [0, 0.1) is 12.8 Å². The normalized spacial score (nSPS) is 13.3. The zero-order valence-corrected chi connectivity index (χ0v) is 18.6. The molecule has 0 bridgehead atoms. The summed E-state index contributed by atoms with van der Waals surface area (Å²) in [6.45, 7) is 12.0. The van der Waals surface area contributed by atoms with E-state index in [0.29, 0.717) is 0 Å². The van der Waals surface area contributed by atoms with Crippen molar-refractivity contribution >= 4 is 22.0 Å². The van der Waals surface area contributed by atoms with Crippen LogP contribution < -0.4 is 3.58 Å². The Morgan fingerprint density at radius 2 is 1.50 bits per heavy atom. The van der Waals surface area contributed by atoms with Gasteiger partial charge >= 0.3 is 144 Å². The molecule has 0 aromatic heterocycles. The fourth-order valence-electron chi connectivity index (χ4n) is 4.17. The van der Waals surface area contributed by atoms with Crippen LogP contribution in [0.4, 0.5) is 0 Å². The summed E-state index contributed by atoms with van der Waals surface area (Å²) in [6.07, 6.45) is 8.39. The van der Waals surface area contributed by atoms with Crippen molar-refractivity contribution in [2.45, 2.75) is 86.5 Å². The molecule has 0 amide bonds. The Morgan fingerprint density at radius 3 is 2.00 bits per heavy atom. The Balaban J connectivity index is 3.14. The van der Waals surface area contributed by atoms with Gasteiger partial charge < -0.3 is 0 Å². The van der Waals surface area contributed by atoms with Gasteiger partial charge in [0, 0.05) is 0 Å². The molecule has 0 N–H and O–H groups in total. The van der Waals surface area contributed by atoms with Gasteiger partial charge in [0.2, 0.25) is 0 Å². The fourth-order valence-corrected chi connectivity index (χ4v) is 22.4. The van der Waals surface area contributed by atoms with Gasteiger partial charge in [-0.05, 0) is 0 Å². The molecule has 0 aliphatic rings. The van der Waals surface area contributed by atoms with E-state index in [2.05, 4.69) is 58.9 Å². The third-order valence-electron chi connectivity index (χ3n) is 5.25. The number of hydrogen-bond acceptors (Lipinski definition) is 0. The van der Waals surface area contributed by atoms with Gasteiger partial charge in [-0.25, -0.2) is 0 Å². The van der Waals surface area contributed by atoms with Gasteiger partial charge in [0.15, 0.2) is 0 Å². The van der Waals surface area contributed by atoms with Gasteiger partial charge in [-0.15, -0.1) is 0 Å². The van der Waals surface area contributed by atoms with E-state index in [1.165, 1.54) is 38.5 Å². The van der Waals surface area contributed by atoms with Crippen LogP contribution in [0.3, 0.4) is 0 Å². The Bertz CT molecular complexity index is 402. The number of hydrogen-bond donors (Lipinski definition) is 0. The van der Waals surface area contributed by atoms with Crippen molar-refractivity contribution in [3.63, 3.8) is 0 Å². The molecule has 0 radical (unpaired) electrons. The number of benzene rings is 1. The molecule has 1 atom stereocenters. The molecule has 1 heteroatoms. The summed E-state index contributed by atoms with van der Waals surface area (Å²) in [5, 5.41) is 0. The third-order valence-corrected chi connectivity index (χ3v) is 21.8. The molecule has 0 saturated heterocycles. The molecule has 0 heterocycles. The van der Waals surface area contributed by atoms with E-state index < -0.39 is 18.4 Å². The van der Waals surface area contributed by atoms with Crippen molar-refractivity contribution in [3.8, 4) is 0 Å². The second-order valence-electron chi connectivity index (χ2n) is 7.40. The van der Waals surface area contributed by atoms with Crippen molar-refractivity contribution in [1.82, 2.24) is 0 Å². The molecule has 1 aromatic rings. The van der Waals surface area contributed by atoms with Crippen molar-refractivity contribution in [3.05, 3.63) is 29.8 Å². The van der Waals surface area contributed by atoms with Crippen LogP contribution in [-0.4, -0.2) is 18.4 Å².